The van der Waals surface area contributed by atoms with Crippen molar-refractivity contribution in [3.05, 3.63) is 53.6 Å². The van der Waals surface area contributed by atoms with E-state index >= 15 is 0 Å². The average Bonchev–Trinajstić information content (AvgIpc) is 3.13. The number of nitrogens with one attached hydrogen (secondary N) is 1. The van der Waals surface area contributed by atoms with Crippen molar-refractivity contribution < 1.29 is 19.1 Å². The number of likely N-dealkylation sites (N-methyl/N-ethyl adjacent to an activating group) is 1. The van der Waals surface area contributed by atoms with E-state index in [-0.39, 0.29) is 25.2 Å². The Morgan fingerprint density at radius 2 is 2.00 bits per heavy atom. The lowest BCUT2D eigenvalue weighted by molar-refractivity contribution is -0.123. The first-order valence-electron chi connectivity index (χ1n) is 8.67. The van der Waals surface area contributed by atoms with Gasteiger partial charge in [-0.05, 0) is 31.2 Å². The molecule has 2 aromatic rings. The van der Waals surface area contributed by atoms with Crippen LogP contribution in [0.25, 0.3) is 0 Å². The molecule has 7 nitrogen and oxygen atoms in total. The van der Waals surface area contributed by atoms with Gasteiger partial charge in [0.25, 0.3) is 5.91 Å². The molecule has 0 spiro atoms. The van der Waals surface area contributed by atoms with E-state index < -0.39 is 6.04 Å². The third kappa shape index (κ3) is 3.01. The molecule has 138 valence electrons. The van der Waals surface area contributed by atoms with Gasteiger partial charge in [0.05, 0.1) is 11.4 Å². The van der Waals surface area contributed by atoms with E-state index in [1.54, 1.807) is 14.0 Å². The van der Waals surface area contributed by atoms with Crippen molar-refractivity contribution in [2.24, 2.45) is 4.99 Å². The summed E-state index contributed by atoms with van der Waals surface area (Å²) in [5, 5.41) is 2.57. The maximum atomic E-state index is 12.9. The summed E-state index contributed by atoms with van der Waals surface area (Å²) in [7, 11) is 1.55. The number of benzene rings is 2. The molecule has 0 aliphatic carbocycles. The molecule has 7 heteroatoms. The number of fused-ring (bicyclic) bond motifs is 2. The molecular formula is C20H19N3O4. The maximum Gasteiger partial charge on any atom is 0.252 e. The van der Waals surface area contributed by atoms with Crippen LogP contribution in [0.2, 0.25) is 0 Å². The minimum atomic E-state index is -0.623. The lowest BCUT2D eigenvalue weighted by Crippen LogP contribution is -2.43. The Hall–Kier alpha value is -3.35. The standard InChI is InChI=1S/C20H19N3O4/c1-12-20(25)23(10-18(24)21-2)15-6-4-3-5-14(15)19(22-12)13-7-8-16-17(9-13)27-11-26-16/h3-9,12H,10-11H2,1-2H3,(H,21,24). The van der Waals surface area contributed by atoms with Crippen LogP contribution in [-0.4, -0.2) is 44.0 Å². The minimum Gasteiger partial charge on any atom is -0.454 e. The topological polar surface area (TPSA) is 80.2 Å². The Labute approximate surface area is 156 Å². The normalized spacial score (nSPS) is 17.9. The molecule has 0 fully saturated rings. The third-order valence-electron chi connectivity index (χ3n) is 4.62. The summed E-state index contributed by atoms with van der Waals surface area (Å²) in [4.78, 5) is 31.0. The first-order chi connectivity index (χ1) is 13.1. The van der Waals surface area contributed by atoms with Gasteiger partial charge in [-0.15, -0.1) is 0 Å². The van der Waals surface area contributed by atoms with Gasteiger partial charge in [-0.25, -0.2) is 0 Å². The molecule has 2 amide bonds. The highest BCUT2D eigenvalue weighted by Crippen LogP contribution is 2.35. The molecule has 2 aliphatic rings. The lowest BCUT2D eigenvalue weighted by atomic mass is 9.99. The van der Waals surface area contributed by atoms with Gasteiger partial charge in [-0.1, -0.05) is 18.2 Å². The summed E-state index contributed by atoms with van der Waals surface area (Å²) in [5.41, 5.74) is 2.96. The maximum absolute atomic E-state index is 12.9. The number of carbonyl (C=O) groups excluding carboxylic acids is 2. The zero-order chi connectivity index (χ0) is 19.0. The fraction of sp³-hybridized carbons (Fsp3) is 0.250. The lowest BCUT2D eigenvalue weighted by Gasteiger charge is -2.23. The summed E-state index contributed by atoms with van der Waals surface area (Å²) in [5.74, 6) is 0.878. The van der Waals surface area contributed by atoms with E-state index in [4.69, 9.17) is 9.47 Å². The van der Waals surface area contributed by atoms with E-state index in [1.807, 2.05) is 42.5 Å². The van der Waals surface area contributed by atoms with Gasteiger partial charge >= 0.3 is 0 Å². The first kappa shape index (κ1) is 17.1. The summed E-state index contributed by atoms with van der Waals surface area (Å²) in [6.45, 7) is 1.87. The number of hydrogen-bond donors (Lipinski definition) is 1. The van der Waals surface area contributed by atoms with Crippen LogP contribution in [0.15, 0.2) is 47.5 Å². The van der Waals surface area contributed by atoms with Gasteiger partial charge in [0.1, 0.15) is 12.6 Å². The Morgan fingerprint density at radius 3 is 2.81 bits per heavy atom. The van der Waals surface area contributed by atoms with Gasteiger partial charge in [0.2, 0.25) is 12.7 Å². The first-order valence-corrected chi connectivity index (χ1v) is 8.67. The number of carbonyl (C=O) groups is 2. The molecule has 2 aliphatic heterocycles. The predicted octanol–water partition coefficient (Wildman–Crippen LogP) is 1.73. The Morgan fingerprint density at radius 1 is 1.22 bits per heavy atom. The number of rotatable bonds is 3. The molecule has 0 aromatic heterocycles. The van der Waals surface area contributed by atoms with Crippen LogP contribution in [0.3, 0.4) is 0 Å². The van der Waals surface area contributed by atoms with E-state index in [9.17, 15) is 9.59 Å². The van der Waals surface area contributed by atoms with Gasteiger partial charge in [-0.2, -0.15) is 0 Å². The molecule has 1 unspecified atom stereocenters. The number of para-hydroxylation sites is 1. The minimum absolute atomic E-state index is 0.0549. The van der Waals surface area contributed by atoms with Gasteiger partial charge in [-0.3, -0.25) is 14.6 Å². The number of benzodiazepines with no additional fused rings is 1. The Bertz CT molecular complexity index is 954. The van der Waals surface area contributed by atoms with Crippen molar-refractivity contribution in [3.63, 3.8) is 0 Å². The molecule has 1 atom stereocenters. The molecule has 0 saturated heterocycles. The molecule has 2 heterocycles. The van der Waals surface area contributed by atoms with Crippen molar-refractivity contribution in [1.82, 2.24) is 5.32 Å². The van der Waals surface area contributed by atoms with Crippen molar-refractivity contribution in [2.75, 3.05) is 25.3 Å². The number of ether oxygens (including phenoxy) is 2. The highest BCUT2D eigenvalue weighted by atomic mass is 16.7. The highest BCUT2D eigenvalue weighted by molar-refractivity contribution is 6.20. The van der Waals surface area contributed by atoms with Crippen molar-refractivity contribution >= 4 is 23.2 Å². The van der Waals surface area contributed by atoms with E-state index in [1.165, 1.54) is 4.90 Å². The monoisotopic (exact) mass is 365 g/mol. The van der Waals surface area contributed by atoms with Crippen molar-refractivity contribution in [3.8, 4) is 11.5 Å². The highest BCUT2D eigenvalue weighted by Gasteiger charge is 2.31. The molecule has 2 aromatic carbocycles. The van der Waals surface area contributed by atoms with E-state index in [2.05, 4.69) is 10.3 Å². The Kier molecular flexibility index (Phi) is 4.27. The number of hydrogen-bond acceptors (Lipinski definition) is 5. The number of amides is 2. The Balaban J connectivity index is 1.84. The average molecular weight is 365 g/mol. The second kappa shape index (κ2) is 6.75. The van der Waals surface area contributed by atoms with Gasteiger partial charge < -0.3 is 19.7 Å². The second-order valence-corrected chi connectivity index (χ2v) is 6.34. The third-order valence-corrected chi connectivity index (χ3v) is 4.62. The predicted molar refractivity (Wildman–Crippen MR) is 101 cm³/mol. The van der Waals surface area contributed by atoms with Gasteiger partial charge in [0.15, 0.2) is 11.5 Å². The van der Waals surface area contributed by atoms with E-state index in [0.29, 0.717) is 22.9 Å². The zero-order valence-electron chi connectivity index (χ0n) is 15.1. The fourth-order valence-electron chi connectivity index (χ4n) is 3.23. The van der Waals surface area contributed by atoms with Crippen LogP contribution >= 0.6 is 0 Å². The smallest absolute Gasteiger partial charge is 0.252 e. The van der Waals surface area contributed by atoms with Crippen molar-refractivity contribution in [2.45, 2.75) is 13.0 Å². The van der Waals surface area contributed by atoms with E-state index in [0.717, 1.165) is 11.1 Å². The summed E-state index contributed by atoms with van der Waals surface area (Å²) >= 11 is 0. The van der Waals surface area contributed by atoms with Gasteiger partial charge in [0, 0.05) is 18.2 Å². The molecular weight excluding hydrogens is 346 g/mol. The van der Waals surface area contributed by atoms with Crippen LogP contribution in [0, 0.1) is 0 Å². The number of anilines is 1. The molecule has 0 saturated carbocycles. The summed E-state index contributed by atoms with van der Waals surface area (Å²) in [6.07, 6.45) is 0. The fourth-order valence-corrected chi connectivity index (χ4v) is 3.23. The largest absolute Gasteiger partial charge is 0.454 e. The van der Waals surface area contributed by atoms with Crippen LogP contribution in [0.4, 0.5) is 5.69 Å². The van der Waals surface area contributed by atoms with Crippen LogP contribution in [-0.2, 0) is 9.59 Å². The summed E-state index contributed by atoms with van der Waals surface area (Å²) in [6, 6.07) is 12.4. The molecule has 0 radical (unpaired) electrons. The SMILES string of the molecule is CNC(=O)CN1C(=O)C(C)N=C(c2ccc3c(c2)OCO3)c2ccccc21. The van der Waals surface area contributed by atoms with Crippen LogP contribution < -0.4 is 19.7 Å². The molecule has 1 N–H and O–H groups in total. The molecule has 0 bridgehead atoms. The quantitative estimate of drug-likeness (QED) is 0.898. The molecule has 4 rings (SSSR count). The van der Waals surface area contributed by atoms with Crippen LogP contribution in [0.1, 0.15) is 18.1 Å². The zero-order valence-corrected chi connectivity index (χ0v) is 15.1. The summed E-state index contributed by atoms with van der Waals surface area (Å²) < 4.78 is 10.9. The van der Waals surface area contributed by atoms with Crippen LogP contribution in [0.5, 0.6) is 11.5 Å². The number of nitrogens with zero attached hydrogens (tertiary/aromatic N) is 2. The molecule has 27 heavy (non-hydrogen) atoms. The van der Waals surface area contributed by atoms with Crippen molar-refractivity contribution in [1.29, 1.82) is 0 Å². The second-order valence-electron chi connectivity index (χ2n) is 6.34. The number of aliphatic imine (C=N–C) groups is 1.